The van der Waals surface area contributed by atoms with E-state index in [2.05, 4.69) is 276 Å². The van der Waals surface area contributed by atoms with Crippen LogP contribution in [0.5, 0.6) is 0 Å². The van der Waals surface area contributed by atoms with Crippen LogP contribution < -0.4 is 0 Å². The molecule has 0 unspecified atom stereocenters. The standard InChI is InChI=1S/C75H51N5/c1-3-78-66-43-21-34-55(69(66)76-73(78)46-23-7-5-8-24-46)48-30-17-32-53-59(48)45-60-49(56-35-22-44-67-70(56)77-74(79(67)4-2)47-25-9-6-10-26-47)31-18-33-54(60)68(53)58-37-20-41-64-72(58)80-65-42-16-13-29-52(65)57-36-19-40-63(71(57)80)75(64)61-38-14-11-27-50(61)51-28-12-15-39-62(51)75/h5-45H,3-4H2,1-2H3. The minimum Gasteiger partial charge on any atom is -0.324 e. The quantitative estimate of drug-likeness (QED) is 0.149. The van der Waals surface area contributed by atoms with Crippen molar-refractivity contribution in [2.75, 3.05) is 0 Å². The van der Waals surface area contributed by atoms with Gasteiger partial charge in [0.25, 0.3) is 0 Å². The van der Waals surface area contributed by atoms with Gasteiger partial charge in [0.1, 0.15) is 11.6 Å². The van der Waals surface area contributed by atoms with E-state index in [1.165, 1.54) is 93.5 Å². The van der Waals surface area contributed by atoms with E-state index in [0.29, 0.717) is 0 Å². The maximum atomic E-state index is 5.57. The van der Waals surface area contributed by atoms with E-state index in [1.807, 2.05) is 0 Å². The molecule has 17 rings (SSSR count). The molecular weight excluding hydrogens is 971 g/mol. The molecule has 5 nitrogen and oxygen atoms in total. The highest BCUT2D eigenvalue weighted by Gasteiger charge is 2.51. The second-order valence-corrected chi connectivity index (χ2v) is 21.6. The van der Waals surface area contributed by atoms with Gasteiger partial charge in [0.15, 0.2) is 0 Å². The molecule has 2 aliphatic rings. The first kappa shape index (κ1) is 45.0. The Morgan fingerprint density at radius 2 is 0.738 bits per heavy atom. The average molecular weight is 1020 g/mol. The third kappa shape index (κ3) is 5.90. The maximum Gasteiger partial charge on any atom is 0.141 e. The molecule has 3 aromatic heterocycles. The third-order valence-corrected chi connectivity index (χ3v) is 17.9. The van der Waals surface area contributed by atoms with E-state index >= 15 is 0 Å². The third-order valence-electron chi connectivity index (χ3n) is 17.9. The van der Waals surface area contributed by atoms with Crippen LogP contribution in [0.3, 0.4) is 0 Å². The monoisotopic (exact) mass is 1020 g/mol. The van der Waals surface area contributed by atoms with Crippen LogP contribution in [0.2, 0.25) is 0 Å². The molecule has 12 aromatic carbocycles. The van der Waals surface area contributed by atoms with Crippen molar-refractivity contribution in [2.45, 2.75) is 32.4 Å². The van der Waals surface area contributed by atoms with Gasteiger partial charge in [-0.2, -0.15) is 0 Å². The van der Waals surface area contributed by atoms with Crippen LogP contribution in [0.4, 0.5) is 0 Å². The first-order valence-corrected chi connectivity index (χ1v) is 28.1. The van der Waals surface area contributed by atoms with Gasteiger partial charge in [-0.05, 0) is 110 Å². The zero-order valence-electron chi connectivity index (χ0n) is 44.3. The largest absolute Gasteiger partial charge is 0.324 e. The lowest BCUT2D eigenvalue weighted by atomic mass is 9.64. The van der Waals surface area contributed by atoms with Crippen molar-refractivity contribution in [3.05, 3.63) is 271 Å². The van der Waals surface area contributed by atoms with E-state index in [9.17, 15) is 0 Å². The number of nitrogens with zero attached hydrogens (tertiary/aromatic N) is 5. The Bertz CT molecular complexity index is 4860. The summed E-state index contributed by atoms with van der Waals surface area (Å²) in [5.74, 6) is 1.95. The first-order chi connectivity index (χ1) is 39.6. The van der Waals surface area contributed by atoms with Gasteiger partial charge in [-0.25, -0.2) is 9.97 Å². The summed E-state index contributed by atoms with van der Waals surface area (Å²) in [7, 11) is 0. The van der Waals surface area contributed by atoms with Gasteiger partial charge >= 0.3 is 0 Å². The Balaban J connectivity index is 1.04. The summed E-state index contributed by atoms with van der Waals surface area (Å²) >= 11 is 0. The van der Waals surface area contributed by atoms with E-state index in [1.54, 1.807) is 0 Å². The molecule has 0 amide bonds. The molecule has 0 saturated heterocycles. The van der Waals surface area contributed by atoms with Gasteiger partial charge in [-0.1, -0.05) is 224 Å². The molecular formula is C75H51N5. The Morgan fingerprint density at radius 3 is 1.32 bits per heavy atom. The number of aryl methyl sites for hydroxylation is 2. The maximum absolute atomic E-state index is 5.57. The summed E-state index contributed by atoms with van der Waals surface area (Å²) in [6.07, 6.45) is 0. The van der Waals surface area contributed by atoms with Crippen molar-refractivity contribution in [3.63, 3.8) is 0 Å². The summed E-state index contributed by atoms with van der Waals surface area (Å²) in [4.78, 5) is 11.1. The van der Waals surface area contributed by atoms with Crippen LogP contribution in [0.1, 0.15) is 36.1 Å². The van der Waals surface area contributed by atoms with Crippen LogP contribution in [0, 0.1) is 0 Å². The molecule has 0 fully saturated rings. The second-order valence-electron chi connectivity index (χ2n) is 21.6. The summed E-state index contributed by atoms with van der Waals surface area (Å²) in [5, 5.41) is 7.21. The van der Waals surface area contributed by atoms with Gasteiger partial charge in [0, 0.05) is 51.7 Å². The van der Waals surface area contributed by atoms with Crippen molar-refractivity contribution in [3.8, 4) is 73.0 Å². The molecule has 376 valence electrons. The summed E-state index contributed by atoms with van der Waals surface area (Å²) in [6, 6.07) is 92.7. The van der Waals surface area contributed by atoms with Crippen molar-refractivity contribution in [2.24, 2.45) is 0 Å². The molecule has 4 heterocycles. The van der Waals surface area contributed by atoms with Crippen molar-refractivity contribution >= 4 is 65.4 Å². The molecule has 5 heteroatoms. The number of benzene rings is 12. The van der Waals surface area contributed by atoms with E-state index in [4.69, 9.17) is 9.97 Å². The minimum atomic E-state index is -0.604. The number of hydrogen-bond donors (Lipinski definition) is 0. The van der Waals surface area contributed by atoms with Crippen LogP contribution in [-0.2, 0) is 18.5 Å². The normalized spacial score (nSPS) is 13.1. The van der Waals surface area contributed by atoms with Gasteiger partial charge in [-0.3, -0.25) is 0 Å². The lowest BCUT2D eigenvalue weighted by Gasteiger charge is -2.40. The van der Waals surface area contributed by atoms with Gasteiger partial charge in [-0.15, -0.1) is 0 Å². The zero-order chi connectivity index (χ0) is 52.8. The zero-order valence-corrected chi connectivity index (χ0v) is 44.3. The molecule has 15 aromatic rings. The highest BCUT2D eigenvalue weighted by molar-refractivity contribution is 6.23. The topological polar surface area (TPSA) is 40.6 Å². The van der Waals surface area contributed by atoms with E-state index < -0.39 is 5.41 Å². The number of hydrogen-bond acceptors (Lipinski definition) is 2. The number of rotatable bonds is 7. The van der Waals surface area contributed by atoms with Gasteiger partial charge < -0.3 is 13.7 Å². The molecule has 1 aliphatic carbocycles. The smallest absolute Gasteiger partial charge is 0.141 e. The average Bonchev–Trinajstić information content (AvgIpc) is 2.80. The van der Waals surface area contributed by atoms with Gasteiger partial charge in [0.2, 0.25) is 0 Å². The Labute approximate surface area is 462 Å². The number of imidazole rings is 2. The summed E-state index contributed by atoms with van der Waals surface area (Å²) < 4.78 is 7.36. The minimum absolute atomic E-state index is 0.604. The Morgan fingerprint density at radius 1 is 0.325 bits per heavy atom. The SMILES string of the molecule is CCn1c(-c2ccccc2)nc2c(-c3cccc4c(-c5cccc6c5-n5c7ccccc7c7cccc(c75)C65c6ccccc6-c6ccccc65)c5cccc(-c6cccc7c6nc(-c6ccccc6)n7CC)c5cc34)cccc21. The molecule has 0 radical (unpaired) electrons. The highest BCUT2D eigenvalue weighted by atomic mass is 15.1. The van der Waals surface area contributed by atoms with Crippen LogP contribution in [-0.4, -0.2) is 23.7 Å². The lowest BCUT2D eigenvalue weighted by molar-refractivity contribution is 0.749. The fourth-order valence-corrected chi connectivity index (χ4v) is 14.7. The van der Waals surface area contributed by atoms with E-state index in [-0.39, 0.29) is 0 Å². The lowest BCUT2D eigenvalue weighted by Crippen LogP contribution is -2.33. The Kier molecular flexibility index (Phi) is 9.53. The van der Waals surface area contributed by atoms with Crippen LogP contribution in [0.15, 0.2) is 249 Å². The van der Waals surface area contributed by atoms with Crippen LogP contribution >= 0.6 is 0 Å². The van der Waals surface area contributed by atoms with Crippen molar-refractivity contribution in [1.82, 2.24) is 23.7 Å². The number of para-hydroxylation sites is 5. The predicted octanol–water partition coefficient (Wildman–Crippen LogP) is 18.8. The molecule has 0 N–H and O–H groups in total. The molecule has 0 bridgehead atoms. The number of fused-ring (bicyclic) bond motifs is 16. The fourth-order valence-electron chi connectivity index (χ4n) is 14.7. The molecule has 0 saturated carbocycles. The Hall–Kier alpha value is -10.1. The van der Waals surface area contributed by atoms with Crippen molar-refractivity contribution in [1.29, 1.82) is 0 Å². The predicted molar refractivity (Wildman–Crippen MR) is 332 cm³/mol. The second kappa shape index (κ2) is 16.9. The number of aromatic nitrogens is 5. The van der Waals surface area contributed by atoms with Crippen LogP contribution in [0.25, 0.3) is 138 Å². The summed E-state index contributed by atoms with van der Waals surface area (Å²) in [5.41, 5.74) is 24.2. The summed E-state index contributed by atoms with van der Waals surface area (Å²) in [6.45, 7) is 6.03. The molecule has 1 spiro atoms. The van der Waals surface area contributed by atoms with Gasteiger partial charge in [0.05, 0.1) is 44.2 Å². The highest BCUT2D eigenvalue weighted by Crippen LogP contribution is 2.62. The molecule has 1 aliphatic heterocycles. The molecule has 80 heavy (non-hydrogen) atoms. The first-order valence-electron chi connectivity index (χ1n) is 28.1. The van der Waals surface area contributed by atoms with E-state index in [0.717, 1.165) is 80.2 Å². The molecule has 0 atom stereocenters. The van der Waals surface area contributed by atoms with Crippen molar-refractivity contribution < 1.29 is 0 Å². The fraction of sp³-hybridized carbons (Fsp3) is 0.0667.